The van der Waals surface area contributed by atoms with Crippen molar-refractivity contribution >= 4 is 0 Å². The minimum Gasteiger partial charge on any atom is -0.387 e. The minimum absolute atomic E-state index is 0.171. The molecule has 12 heteroatoms. The highest BCUT2D eigenvalue weighted by atomic mass is 19.4. The summed E-state index contributed by atoms with van der Waals surface area (Å²) in [6.45, 7) is -0.171. The number of aliphatic hydroxyl groups is 1. The number of aliphatic hydroxyl groups excluding tert-OH is 1. The molecular formula is C7H5F11O. The van der Waals surface area contributed by atoms with Crippen molar-refractivity contribution in [2.24, 2.45) is 0 Å². The van der Waals surface area contributed by atoms with Gasteiger partial charge in [-0.25, -0.2) is 0 Å². The maximum absolute atomic E-state index is 12.6. The second-order valence-electron chi connectivity index (χ2n) is 3.52. The molecule has 0 aromatic heterocycles. The van der Waals surface area contributed by atoms with Gasteiger partial charge in [0.15, 0.2) is 0 Å². The summed E-state index contributed by atoms with van der Waals surface area (Å²) in [7, 11) is 0. The van der Waals surface area contributed by atoms with Crippen LogP contribution in [0.1, 0.15) is 6.92 Å². The highest BCUT2D eigenvalue weighted by Crippen LogP contribution is 2.57. The molecule has 0 saturated heterocycles. The predicted molar refractivity (Wildman–Crippen MR) is 37.5 cm³/mol. The molecule has 0 bridgehead atoms. The lowest BCUT2D eigenvalue weighted by Gasteiger charge is -2.38. The Labute approximate surface area is 97.5 Å². The molecule has 1 N–H and O–H groups in total. The van der Waals surface area contributed by atoms with Crippen molar-refractivity contribution in [3.8, 4) is 0 Å². The van der Waals surface area contributed by atoms with Crippen molar-refractivity contribution in [1.29, 1.82) is 0 Å². The summed E-state index contributed by atoms with van der Waals surface area (Å²) >= 11 is 0. The predicted octanol–water partition coefficient (Wildman–Crippen LogP) is 3.47. The van der Waals surface area contributed by atoms with E-state index in [4.69, 9.17) is 5.11 Å². The van der Waals surface area contributed by atoms with Crippen LogP contribution in [0.4, 0.5) is 48.3 Å². The molecule has 1 nitrogen and oxygen atoms in total. The molecule has 0 aliphatic carbocycles. The van der Waals surface area contributed by atoms with E-state index >= 15 is 0 Å². The van der Waals surface area contributed by atoms with Crippen molar-refractivity contribution in [3.63, 3.8) is 0 Å². The number of rotatable bonds is 4. The SMILES string of the molecule is CC(O)C(F)(F)C(F)(F)C(F)(F)C(F)(F)C(F)(F)F. The molecule has 0 spiro atoms. The van der Waals surface area contributed by atoms with Crippen LogP contribution in [0.15, 0.2) is 0 Å². The first-order valence-corrected chi connectivity index (χ1v) is 4.20. The summed E-state index contributed by atoms with van der Waals surface area (Å²) in [4.78, 5) is 0. The quantitative estimate of drug-likeness (QED) is 0.788. The van der Waals surface area contributed by atoms with Crippen molar-refractivity contribution < 1.29 is 53.4 Å². The average Bonchev–Trinajstić information content (AvgIpc) is 2.14. The average molecular weight is 314 g/mol. The summed E-state index contributed by atoms with van der Waals surface area (Å²) in [5.41, 5.74) is 0. The van der Waals surface area contributed by atoms with Crippen LogP contribution in [0.25, 0.3) is 0 Å². The number of halogens is 11. The Balaban J connectivity index is 5.92. The van der Waals surface area contributed by atoms with Gasteiger partial charge in [-0.3, -0.25) is 0 Å². The molecule has 1 unspecified atom stereocenters. The maximum Gasteiger partial charge on any atom is 0.460 e. The van der Waals surface area contributed by atoms with Gasteiger partial charge in [0.1, 0.15) is 6.10 Å². The zero-order valence-corrected chi connectivity index (χ0v) is 8.68. The molecule has 0 aliphatic heterocycles. The largest absolute Gasteiger partial charge is 0.460 e. The topological polar surface area (TPSA) is 20.2 Å². The van der Waals surface area contributed by atoms with Gasteiger partial charge in [-0.15, -0.1) is 0 Å². The van der Waals surface area contributed by atoms with E-state index in [1.165, 1.54) is 0 Å². The Kier molecular flexibility index (Phi) is 4.16. The van der Waals surface area contributed by atoms with Gasteiger partial charge in [0, 0.05) is 0 Å². The zero-order valence-electron chi connectivity index (χ0n) is 8.68. The molecule has 0 rings (SSSR count). The van der Waals surface area contributed by atoms with E-state index in [0.29, 0.717) is 0 Å². The Morgan fingerprint density at radius 3 is 1.16 bits per heavy atom. The first-order valence-electron chi connectivity index (χ1n) is 4.20. The number of alkyl halides is 11. The van der Waals surface area contributed by atoms with Crippen LogP contribution in [0.5, 0.6) is 0 Å². The van der Waals surface area contributed by atoms with E-state index in [-0.39, 0.29) is 6.92 Å². The van der Waals surface area contributed by atoms with E-state index < -0.39 is 36.0 Å². The van der Waals surface area contributed by atoms with Crippen LogP contribution in [-0.2, 0) is 0 Å². The van der Waals surface area contributed by atoms with Gasteiger partial charge in [0.2, 0.25) is 0 Å². The van der Waals surface area contributed by atoms with Gasteiger partial charge in [-0.1, -0.05) is 0 Å². The summed E-state index contributed by atoms with van der Waals surface area (Å²) in [5, 5.41) is 8.16. The Morgan fingerprint density at radius 1 is 0.632 bits per heavy atom. The standard InChI is InChI=1S/C7H5F11O/c1-2(19)3(8,9)4(10,11)5(12,13)6(14,15)7(16,17)18/h2,19H,1H3. The van der Waals surface area contributed by atoms with Crippen LogP contribution in [0.2, 0.25) is 0 Å². The van der Waals surface area contributed by atoms with Gasteiger partial charge in [-0.2, -0.15) is 48.3 Å². The summed E-state index contributed by atoms with van der Waals surface area (Å²) in [6.07, 6.45) is -10.8. The molecule has 0 radical (unpaired) electrons. The lowest BCUT2D eigenvalue weighted by atomic mass is 9.95. The Morgan fingerprint density at radius 2 is 0.947 bits per heavy atom. The van der Waals surface area contributed by atoms with Gasteiger partial charge in [0.25, 0.3) is 0 Å². The van der Waals surface area contributed by atoms with E-state index in [9.17, 15) is 48.3 Å². The summed E-state index contributed by atoms with van der Waals surface area (Å²) < 4.78 is 135. The molecular weight excluding hydrogens is 309 g/mol. The maximum atomic E-state index is 12.6. The summed E-state index contributed by atoms with van der Waals surface area (Å²) in [6, 6.07) is 0. The minimum atomic E-state index is -7.46. The van der Waals surface area contributed by atoms with Crippen LogP contribution in [0, 0.1) is 0 Å². The molecule has 0 aliphatic rings. The first-order chi connectivity index (χ1) is 7.94. The molecule has 19 heavy (non-hydrogen) atoms. The highest BCUT2D eigenvalue weighted by Gasteiger charge is 2.87. The zero-order chi connectivity index (χ0) is 16.1. The van der Waals surface area contributed by atoms with Gasteiger partial charge in [-0.05, 0) is 6.92 Å². The van der Waals surface area contributed by atoms with Gasteiger partial charge < -0.3 is 5.11 Å². The van der Waals surface area contributed by atoms with Crippen molar-refractivity contribution in [2.45, 2.75) is 42.9 Å². The van der Waals surface area contributed by atoms with Crippen LogP contribution in [0.3, 0.4) is 0 Å². The van der Waals surface area contributed by atoms with E-state index in [0.717, 1.165) is 0 Å². The fourth-order valence-electron chi connectivity index (χ4n) is 0.847. The molecule has 116 valence electrons. The van der Waals surface area contributed by atoms with Crippen molar-refractivity contribution in [2.75, 3.05) is 0 Å². The van der Waals surface area contributed by atoms with E-state index in [1.54, 1.807) is 0 Å². The lowest BCUT2D eigenvalue weighted by molar-refractivity contribution is -0.427. The Bertz CT molecular complexity index is 328. The van der Waals surface area contributed by atoms with Crippen LogP contribution < -0.4 is 0 Å². The van der Waals surface area contributed by atoms with Gasteiger partial charge in [0.05, 0.1) is 0 Å². The second-order valence-corrected chi connectivity index (χ2v) is 3.52. The molecule has 0 saturated carbocycles. The lowest BCUT2D eigenvalue weighted by Crippen LogP contribution is -2.68. The third kappa shape index (κ3) is 2.34. The second kappa shape index (κ2) is 4.35. The van der Waals surface area contributed by atoms with E-state index in [1.807, 2.05) is 0 Å². The van der Waals surface area contributed by atoms with Crippen molar-refractivity contribution in [3.05, 3.63) is 0 Å². The molecule has 0 fully saturated rings. The third-order valence-electron chi connectivity index (χ3n) is 2.09. The molecule has 0 aromatic rings. The van der Waals surface area contributed by atoms with E-state index in [2.05, 4.69) is 0 Å². The van der Waals surface area contributed by atoms with Gasteiger partial charge >= 0.3 is 29.9 Å². The molecule has 0 amide bonds. The fraction of sp³-hybridized carbons (Fsp3) is 1.00. The fourth-order valence-corrected chi connectivity index (χ4v) is 0.847. The third-order valence-corrected chi connectivity index (χ3v) is 2.09. The smallest absolute Gasteiger partial charge is 0.387 e. The Hall–Kier alpha value is -0.810. The number of hydrogen-bond acceptors (Lipinski definition) is 1. The highest BCUT2D eigenvalue weighted by molar-refractivity contribution is 5.07. The van der Waals surface area contributed by atoms with Crippen LogP contribution >= 0.6 is 0 Å². The van der Waals surface area contributed by atoms with Crippen molar-refractivity contribution in [1.82, 2.24) is 0 Å². The monoisotopic (exact) mass is 314 g/mol. The summed E-state index contributed by atoms with van der Waals surface area (Å²) in [5.74, 6) is -28.2. The normalized spacial score (nSPS) is 17.5. The molecule has 1 atom stereocenters. The first kappa shape index (κ1) is 18.2. The molecule has 0 heterocycles. The number of hydrogen-bond donors (Lipinski definition) is 1. The molecule has 0 aromatic carbocycles. The van der Waals surface area contributed by atoms with Crippen LogP contribution in [-0.4, -0.2) is 41.1 Å².